The smallest absolute Gasteiger partial charge is 0.0642 e. The van der Waals surface area contributed by atoms with Crippen molar-refractivity contribution in [1.82, 2.24) is 0 Å². The van der Waals surface area contributed by atoms with E-state index in [-0.39, 0.29) is 5.54 Å². The quantitative estimate of drug-likeness (QED) is 0.593. The monoisotopic (exact) mass is 187 g/mol. The molecule has 2 nitrogen and oxygen atoms in total. The van der Waals surface area contributed by atoms with Crippen LogP contribution in [0.5, 0.6) is 0 Å². The van der Waals surface area contributed by atoms with Gasteiger partial charge in [-0.05, 0) is 12.8 Å². The molecule has 0 rings (SSSR count). The van der Waals surface area contributed by atoms with Gasteiger partial charge in [0, 0.05) is 12.6 Å². The van der Waals surface area contributed by atoms with E-state index in [1.807, 2.05) is 0 Å². The fourth-order valence-electron chi connectivity index (χ4n) is 1.54. The Labute approximate surface area is 82.8 Å². The predicted molar refractivity (Wildman–Crippen MR) is 57.8 cm³/mol. The van der Waals surface area contributed by atoms with Gasteiger partial charge in [0.25, 0.3) is 0 Å². The normalized spacial score (nSPS) is 15.7. The van der Waals surface area contributed by atoms with Crippen LogP contribution < -0.4 is 5.73 Å². The maximum Gasteiger partial charge on any atom is 0.0642 e. The number of hydrogen-bond donors (Lipinski definition) is 1. The first-order valence-electron chi connectivity index (χ1n) is 5.46. The molecular weight excluding hydrogens is 162 g/mol. The van der Waals surface area contributed by atoms with E-state index in [0.717, 1.165) is 12.8 Å². The maximum absolute atomic E-state index is 6.17. The van der Waals surface area contributed by atoms with Crippen LogP contribution in [0.2, 0.25) is 0 Å². The summed E-state index contributed by atoms with van der Waals surface area (Å²) in [5.41, 5.74) is 6.08. The van der Waals surface area contributed by atoms with Gasteiger partial charge in [0.15, 0.2) is 0 Å². The Morgan fingerprint density at radius 3 is 2.31 bits per heavy atom. The second kappa shape index (κ2) is 7.34. The van der Waals surface area contributed by atoms with Crippen LogP contribution in [-0.4, -0.2) is 19.3 Å². The molecule has 0 heterocycles. The van der Waals surface area contributed by atoms with Gasteiger partial charge in [0.05, 0.1) is 6.61 Å². The third kappa shape index (κ3) is 6.05. The van der Waals surface area contributed by atoms with Crippen LogP contribution in [0.15, 0.2) is 0 Å². The third-order valence-electron chi connectivity index (χ3n) is 2.66. The molecule has 0 aromatic rings. The molecule has 13 heavy (non-hydrogen) atoms. The number of rotatable bonds is 8. The molecule has 0 amide bonds. The van der Waals surface area contributed by atoms with Crippen molar-refractivity contribution < 1.29 is 4.74 Å². The van der Waals surface area contributed by atoms with E-state index >= 15 is 0 Å². The zero-order valence-electron chi connectivity index (χ0n) is 9.44. The standard InChI is InChI=1S/C11H25NO/c1-4-6-7-8-9-11(12,5-2)10-13-3/h4-10,12H2,1-3H3. The lowest BCUT2D eigenvalue weighted by Gasteiger charge is -2.27. The molecule has 1 atom stereocenters. The van der Waals surface area contributed by atoms with E-state index in [4.69, 9.17) is 10.5 Å². The highest BCUT2D eigenvalue weighted by atomic mass is 16.5. The van der Waals surface area contributed by atoms with Crippen molar-refractivity contribution in [2.45, 2.75) is 57.9 Å². The molecule has 0 fully saturated rings. The molecule has 2 heteroatoms. The first-order chi connectivity index (χ1) is 6.18. The molecule has 0 saturated heterocycles. The maximum atomic E-state index is 6.17. The average Bonchev–Trinajstić information content (AvgIpc) is 2.13. The second-order valence-electron chi connectivity index (χ2n) is 3.96. The molecule has 0 bridgehead atoms. The largest absolute Gasteiger partial charge is 0.383 e. The van der Waals surface area contributed by atoms with Gasteiger partial charge in [-0.2, -0.15) is 0 Å². The Hall–Kier alpha value is -0.0800. The van der Waals surface area contributed by atoms with Crippen molar-refractivity contribution in [2.75, 3.05) is 13.7 Å². The Kier molecular flexibility index (Phi) is 7.29. The van der Waals surface area contributed by atoms with Gasteiger partial charge >= 0.3 is 0 Å². The molecule has 0 saturated carbocycles. The Morgan fingerprint density at radius 2 is 1.85 bits per heavy atom. The fraction of sp³-hybridized carbons (Fsp3) is 1.00. The van der Waals surface area contributed by atoms with E-state index in [1.54, 1.807) is 7.11 Å². The first-order valence-corrected chi connectivity index (χ1v) is 5.46. The molecule has 2 N–H and O–H groups in total. The highest BCUT2D eigenvalue weighted by Gasteiger charge is 2.21. The molecule has 80 valence electrons. The highest BCUT2D eigenvalue weighted by molar-refractivity contribution is 4.81. The lowest BCUT2D eigenvalue weighted by molar-refractivity contribution is 0.122. The van der Waals surface area contributed by atoms with Crippen molar-refractivity contribution in [3.8, 4) is 0 Å². The minimum atomic E-state index is -0.0809. The number of nitrogens with two attached hydrogens (primary N) is 1. The summed E-state index contributed by atoms with van der Waals surface area (Å²) in [6.07, 6.45) is 7.26. The molecule has 0 aromatic carbocycles. The van der Waals surface area contributed by atoms with Crippen molar-refractivity contribution in [1.29, 1.82) is 0 Å². The summed E-state index contributed by atoms with van der Waals surface area (Å²) in [7, 11) is 1.73. The summed E-state index contributed by atoms with van der Waals surface area (Å²) in [5.74, 6) is 0. The number of ether oxygens (including phenoxy) is 1. The van der Waals surface area contributed by atoms with Crippen LogP contribution in [0.25, 0.3) is 0 Å². The lowest BCUT2D eigenvalue weighted by atomic mass is 9.91. The zero-order chi connectivity index (χ0) is 10.2. The van der Waals surface area contributed by atoms with Crippen LogP contribution >= 0.6 is 0 Å². The van der Waals surface area contributed by atoms with Crippen LogP contribution in [0.3, 0.4) is 0 Å². The summed E-state index contributed by atoms with van der Waals surface area (Å²) in [5, 5.41) is 0. The zero-order valence-corrected chi connectivity index (χ0v) is 9.44. The molecule has 0 radical (unpaired) electrons. The molecule has 0 aliphatic heterocycles. The SMILES string of the molecule is CCCCCCC(N)(CC)COC. The predicted octanol–water partition coefficient (Wildman–Crippen LogP) is 2.71. The minimum absolute atomic E-state index is 0.0809. The molecule has 0 aromatic heterocycles. The number of unbranched alkanes of at least 4 members (excludes halogenated alkanes) is 3. The fourth-order valence-corrected chi connectivity index (χ4v) is 1.54. The summed E-state index contributed by atoms with van der Waals surface area (Å²) < 4.78 is 5.13. The van der Waals surface area contributed by atoms with Crippen molar-refractivity contribution in [3.05, 3.63) is 0 Å². The Bertz CT molecular complexity index is 117. The number of hydrogen-bond acceptors (Lipinski definition) is 2. The van der Waals surface area contributed by atoms with Gasteiger partial charge in [-0.1, -0.05) is 39.5 Å². The van der Waals surface area contributed by atoms with Crippen molar-refractivity contribution in [3.63, 3.8) is 0 Å². The van der Waals surface area contributed by atoms with E-state index in [9.17, 15) is 0 Å². The van der Waals surface area contributed by atoms with E-state index in [2.05, 4.69) is 13.8 Å². The van der Waals surface area contributed by atoms with Gasteiger partial charge in [0.2, 0.25) is 0 Å². The number of methoxy groups -OCH3 is 1. The van der Waals surface area contributed by atoms with E-state index < -0.39 is 0 Å². The summed E-state index contributed by atoms with van der Waals surface area (Å²) in [4.78, 5) is 0. The van der Waals surface area contributed by atoms with Crippen LogP contribution in [0.4, 0.5) is 0 Å². The minimum Gasteiger partial charge on any atom is -0.383 e. The summed E-state index contributed by atoms with van der Waals surface area (Å²) >= 11 is 0. The van der Waals surface area contributed by atoms with Crippen LogP contribution in [0, 0.1) is 0 Å². The van der Waals surface area contributed by atoms with Gasteiger partial charge in [0.1, 0.15) is 0 Å². The van der Waals surface area contributed by atoms with Crippen LogP contribution in [-0.2, 0) is 4.74 Å². The van der Waals surface area contributed by atoms with E-state index in [1.165, 1.54) is 25.7 Å². The summed E-state index contributed by atoms with van der Waals surface area (Å²) in [6, 6.07) is 0. The van der Waals surface area contributed by atoms with Gasteiger partial charge in [-0.3, -0.25) is 0 Å². The molecule has 0 spiro atoms. The first kappa shape index (κ1) is 12.9. The molecular formula is C11H25NO. The lowest BCUT2D eigenvalue weighted by Crippen LogP contribution is -2.43. The van der Waals surface area contributed by atoms with E-state index in [0.29, 0.717) is 6.61 Å². The third-order valence-corrected chi connectivity index (χ3v) is 2.66. The molecule has 1 unspecified atom stereocenters. The topological polar surface area (TPSA) is 35.2 Å². The van der Waals surface area contributed by atoms with Gasteiger partial charge in [-0.25, -0.2) is 0 Å². The average molecular weight is 187 g/mol. The van der Waals surface area contributed by atoms with Crippen molar-refractivity contribution >= 4 is 0 Å². The molecule has 0 aliphatic carbocycles. The summed E-state index contributed by atoms with van der Waals surface area (Å²) in [6.45, 7) is 5.05. The van der Waals surface area contributed by atoms with Crippen LogP contribution in [0.1, 0.15) is 52.4 Å². The van der Waals surface area contributed by atoms with Crippen molar-refractivity contribution in [2.24, 2.45) is 5.73 Å². The van der Waals surface area contributed by atoms with Gasteiger partial charge < -0.3 is 10.5 Å². The second-order valence-corrected chi connectivity index (χ2v) is 3.96. The highest BCUT2D eigenvalue weighted by Crippen LogP contribution is 2.16. The Balaban J connectivity index is 3.57. The Morgan fingerprint density at radius 1 is 1.15 bits per heavy atom. The molecule has 0 aliphatic rings. The van der Waals surface area contributed by atoms with Gasteiger partial charge in [-0.15, -0.1) is 0 Å².